The Kier molecular flexibility index (Phi) is 14.7. The average molecular weight is 302 g/mol. The van der Waals surface area contributed by atoms with Gasteiger partial charge in [-0.1, -0.05) is 59.3 Å². The van der Waals surface area contributed by atoms with Crippen LogP contribution in [-0.2, 0) is 0 Å². The Hall–Kier alpha value is 0.430. The van der Waals surface area contributed by atoms with Crippen LogP contribution >= 0.6 is 7.26 Å². The van der Waals surface area contributed by atoms with Crippen molar-refractivity contribution in [1.29, 1.82) is 0 Å². The molecule has 0 heterocycles. The molecule has 0 aliphatic carbocycles. The van der Waals surface area contributed by atoms with Gasteiger partial charge in [0.15, 0.2) is 0 Å². The van der Waals surface area contributed by atoms with Crippen LogP contribution < -0.4 is 0 Å². The van der Waals surface area contributed by atoms with Gasteiger partial charge in [0.2, 0.25) is 0 Å². The SMILES string of the molecule is CCCCCCC[P+](CC)(CCC)CCCCCCC. The summed E-state index contributed by atoms with van der Waals surface area (Å²) in [5.41, 5.74) is 0. The molecule has 0 bridgehead atoms. The lowest BCUT2D eigenvalue weighted by Gasteiger charge is -2.26. The van der Waals surface area contributed by atoms with Gasteiger partial charge in [0, 0.05) is 7.26 Å². The van der Waals surface area contributed by atoms with Gasteiger partial charge in [0.25, 0.3) is 0 Å². The molecule has 0 nitrogen and oxygen atoms in total. The Morgan fingerprint density at radius 3 is 1.25 bits per heavy atom. The first-order valence-electron chi connectivity index (χ1n) is 9.59. The minimum atomic E-state index is -0.574. The molecule has 0 saturated heterocycles. The first-order valence-corrected chi connectivity index (χ1v) is 12.1. The molecule has 0 saturated carbocycles. The van der Waals surface area contributed by atoms with Crippen molar-refractivity contribution in [3.8, 4) is 0 Å². The van der Waals surface area contributed by atoms with Crippen LogP contribution in [0.5, 0.6) is 0 Å². The number of rotatable bonds is 15. The summed E-state index contributed by atoms with van der Waals surface area (Å²) >= 11 is 0. The molecule has 0 aromatic heterocycles. The lowest BCUT2D eigenvalue weighted by molar-refractivity contribution is 0.650. The number of hydrogen-bond donors (Lipinski definition) is 0. The predicted octanol–water partition coefficient (Wildman–Crippen LogP) is 7.37. The van der Waals surface area contributed by atoms with Crippen LogP contribution in [0.2, 0.25) is 0 Å². The lowest BCUT2D eigenvalue weighted by atomic mass is 10.2. The van der Waals surface area contributed by atoms with Crippen molar-refractivity contribution in [1.82, 2.24) is 0 Å². The van der Waals surface area contributed by atoms with Crippen molar-refractivity contribution in [3.05, 3.63) is 0 Å². The molecule has 0 N–H and O–H groups in total. The Labute approximate surface area is 130 Å². The summed E-state index contributed by atoms with van der Waals surface area (Å²) in [6, 6.07) is 0. The second-order valence-corrected chi connectivity index (χ2v) is 11.3. The van der Waals surface area contributed by atoms with Crippen LogP contribution in [0.3, 0.4) is 0 Å². The molecule has 0 radical (unpaired) electrons. The third kappa shape index (κ3) is 10.2. The van der Waals surface area contributed by atoms with E-state index in [-0.39, 0.29) is 0 Å². The third-order valence-corrected chi connectivity index (χ3v) is 10.1. The Morgan fingerprint density at radius 2 is 0.900 bits per heavy atom. The zero-order valence-corrected chi connectivity index (χ0v) is 15.9. The molecule has 1 heteroatoms. The number of unbranched alkanes of at least 4 members (excludes halogenated alkanes) is 8. The van der Waals surface area contributed by atoms with Crippen LogP contribution in [0.25, 0.3) is 0 Å². The molecule has 0 fully saturated rings. The van der Waals surface area contributed by atoms with Crippen molar-refractivity contribution < 1.29 is 0 Å². The molecule has 0 atom stereocenters. The molecule has 0 amide bonds. The monoisotopic (exact) mass is 301 g/mol. The smallest absolute Gasteiger partial charge is 0.0594 e. The van der Waals surface area contributed by atoms with Gasteiger partial charge in [-0.3, -0.25) is 0 Å². The molecule has 0 aliphatic rings. The summed E-state index contributed by atoms with van der Waals surface area (Å²) in [5, 5.41) is 0. The first kappa shape index (κ1) is 20.4. The van der Waals surface area contributed by atoms with Gasteiger partial charge in [-0.15, -0.1) is 0 Å². The molecule has 0 spiro atoms. The Balaban J connectivity index is 4.00. The molecule has 0 unspecified atom stereocenters. The molecular weight excluding hydrogens is 259 g/mol. The van der Waals surface area contributed by atoms with E-state index in [0.29, 0.717) is 0 Å². The second-order valence-electron chi connectivity index (χ2n) is 6.66. The minimum absolute atomic E-state index is 0.574. The van der Waals surface area contributed by atoms with E-state index in [4.69, 9.17) is 0 Å². The van der Waals surface area contributed by atoms with Gasteiger partial charge in [-0.05, 0) is 39.0 Å². The molecule has 0 rings (SSSR count). The normalized spacial score (nSPS) is 12.0. The zero-order chi connectivity index (χ0) is 15.1. The van der Waals surface area contributed by atoms with Crippen molar-refractivity contribution in [2.45, 2.75) is 98.3 Å². The van der Waals surface area contributed by atoms with Gasteiger partial charge in [-0.2, -0.15) is 0 Å². The highest BCUT2D eigenvalue weighted by Crippen LogP contribution is 2.60. The summed E-state index contributed by atoms with van der Waals surface area (Å²) in [6.45, 7) is 9.52. The van der Waals surface area contributed by atoms with Gasteiger partial charge in [0.05, 0.1) is 24.6 Å². The van der Waals surface area contributed by atoms with Gasteiger partial charge < -0.3 is 0 Å². The van der Waals surface area contributed by atoms with E-state index in [1.165, 1.54) is 76.8 Å². The lowest BCUT2D eigenvalue weighted by Crippen LogP contribution is -2.11. The van der Waals surface area contributed by atoms with Crippen molar-refractivity contribution in [2.75, 3.05) is 24.6 Å². The van der Waals surface area contributed by atoms with E-state index < -0.39 is 7.26 Å². The van der Waals surface area contributed by atoms with Crippen molar-refractivity contribution >= 4 is 7.26 Å². The van der Waals surface area contributed by atoms with E-state index >= 15 is 0 Å². The summed E-state index contributed by atoms with van der Waals surface area (Å²) < 4.78 is 0. The predicted molar refractivity (Wildman–Crippen MR) is 99.9 cm³/mol. The quantitative estimate of drug-likeness (QED) is 0.219. The van der Waals surface area contributed by atoms with Crippen molar-refractivity contribution in [3.63, 3.8) is 0 Å². The van der Waals surface area contributed by atoms with Crippen LogP contribution in [-0.4, -0.2) is 24.6 Å². The highest BCUT2D eigenvalue weighted by molar-refractivity contribution is 7.75. The largest absolute Gasteiger partial charge is 0.0654 e. The van der Waals surface area contributed by atoms with E-state index in [1.807, 2.05) is 0 Å². The Bertz CT molecular complexity index is 174. The van der Waals surface area contributed by atoms with Crippen LogP contribution in [0.1, 0.15) is 98.3 Å². The Morgan fingerprint density at radius 1 is 0.450 bits per heavy atom. The topological polar surface area (TPSA) is 0 Å². The van der Waals surface area contributed by atoms with Gasteiger partial charge >= 0.3 is 0 Å². The molecular formula is C19H42P+. The van der Waals surface area contributed by atoms with E-state index in [0.717, 1.165) is 0 Å². The fourth-order valence-electron chi connectivity index (χ4n) is 3.39. The molecule has 0 aliphatic heterocycles. The maximum atomic E-state index is 2.49. The standard InChI is InChI=1S/C19H42P/c1-5-9-11-13-15-18-20(8-4,17-7-3)19-16-14-12-10-6-2/h5-19H2,1-4H3/q+1. The second kappa shape index (κ2) is 14.4. The molecule has 0 aromatic carbocycles. The summed E-state index contributed by atoms with van der Waals surface area (Å²) in [7, 11) is -0.574. The molecule has 0 aromatic rings. The van der Waals surface area contributed by atoms with E-state index in [2.05, 4.69) is 27.7 Å². The van der Waals surface area contributed by atoms with Gasteiger partial charge in [0.1, 0.15) is 0 Å². The highest BCUT2D eigenvalue weighted by Gasteiger charge is 2.32. The zero-order valence-electron chi connectivity index (χ0n) is 15.1. The number of hydrogen-bond acceptors (Lipinski definition) is 0. The fraction of sp³-hybridized carbons (Fsp3) is 1.00. The maximum absolute atomic E-state index is 2.49. The van der Waals surface area contributed by atoms with Crippen LogP contribution in [0.15, 0.2) is 0 Å². The third-order valence-electron chi connectivity index (χ3n) is 4.84. The molecule has 20 heavy (non-hydrogen) atoms. The van der Waals surface area contributed by atoms with Crippen molar-refractivity contribution in [2.24, 2.45) is 0 Å². The van der Waals surface area contributed by atoms with Crippen LogP contribution in [0, 0.1) is 0 Å². The van der Waals surface area contributed by atoms with Crippen LogP contribution in [0.4, 0.5) is 0 Å². The van der Waals surface area contributed by atoms with Gasteiger partial charge in [-0.25, -0.2) is 0 Å². The van der Waals surface area contributed by atoms with E-state index in [9.17, 15) is 0 Å². The van der Waals surface area contributed by atoms with E-state index in [1.54, 1.807) is 18.5 Å². The summed E-state index contributed by atoms with van der Waals surface area (Å²) in [4.78, 5) is 0. The summed E-state index contributed by atoms with van der Waals surface area (Å²) in [6.07, 6.45) is 22.4. The first-order chi connectivity index (χ1) is 9.74. The summed E-state index contributed by atoms with van der Waals surface area (Å²) in [5.74, 6) is 0. The average Bonchev–Trinajstić information content (AvgIpc) is 2.46. The molecule has 122 valence electrons. The fourth-order valence-corrected chi connectivity index (χ4v) is 7.74. The maximum Gasteiger partial charge on any atom is 0.0594 e. The minimum Gasteiger partial charge on any atom is -0.0654 e. The highest BCUT2D eigenvalue weighted by atomic mass is 31.2.